The summed E-state index contributed by atoms with van der Waals surface area (Å²) in [4.78, 5) is 27.7. The van der Waals surface area contributed by atoms with Crippen molar-refractivity contribution in [3.05, 3.63) is 66.1 Å². The molecule has 0 aliphatic rings. The van der Waals surface area contributed by atoms with Crippen LogP contribution in [0.5, 0.6) is 5.75 Å². The van der Waals surface area contributed by atoms with Gasteiger partial charge in [-0.3, -0.25) is 9.78 Å². The summed E-state index contributed by atoms with van der Waals surface area (Å²) in [5, 5.41) is 20.4. The van der Waals surface area contributed by atoms with E-state index in [1.165, 1.54) is 30.1 Å². The number of hydroxylamine groups is 1. The van der Waals surface area contributed by atoms with E-state index >= 15 is 0 Å². The second-order valence-corrected chi connectivity index (χ2v) is 7.00. The molecule has 0 saturated carbocycles. The quantitative estimate of drug-likeness (QED) is 0.203. The van der Waals surface area contributed by atoms with Crippen LogP contribution in [0, 0.1) is 0 Å². The molecule has 1 aromatic carbocycles. The maximum absolute atomic E-state index is 13.8. The zero-order valence-corrected chi connectivity index (χ0v) is 17.2. The van der Waals surface area contributed by atoms with E-state index in [-0.39, 0.29) is 39.6 Å². The number of imidazole rings is 1. The number of rotatable bonds is 7. The summed E-state index contributed by atoms with van der Waals surface area (Å²) >= 11 is 0. The third-order valence-corrected chi connectivity index (χ3v) is 4.65. The van der Waals surface area contributed by atoms with Gasteiger partial charge in [0.1, 0.15) is 29.5 Å². The number of nitrogens with one attached hydrogen (secondary N) is 3. The van der Waals surface area contributed by atoms with E-state index < -0.39 is 30.5 Å². The fourth-order valence-corrected chi connectivity index (χ4v) is 3.11. The van der Waals surface area contributed by atoms with E-state index in [0.717, 1.165) is 12.1 Å². The summed E-state index contributed by atoms with van der Waals surface area (Å²) in [7, 11) is 0. The molecule has 10 nitrogen and oxygen atoms in total. The number of aliphatic hydroxyl groups excluding tert-OH is 1. The number of ether oxygens (including phenoxy) is 1. The molecule has 13 heteroatoms. The maximum atomic E-state index is 13.8. The number of hydrogen-bond donors (Lipinski definition) is 5. The number of amides is 1. The van der Waals surface area contributed by atoms with Crippen molar-refractivity contribution >= 4 is 22.8 Å². The number of aromatic nitrogens is 4. The maximum Gasteiger partial charge on any atom is 0.417 e. The predicted octanol–water partition coefficient (Wildman–Crippen LogP) is 2.97. The van der Waals surface area contributed by atoms with Gasteiger partial charge in [0.05, 0.1) is 22.8 Å². The normalized spacial score (nSPS) is 12.5. The summed E-state index contributed by atoms with van der Waals surface area (Å²) in [6.45, 7) is -0.488. The number of anilines is 1. The van der Waals surface area contributed by atoms with Crippen LogP contribution in [0.4, 0.5) is 19.0 Å². The number of carbonyl (C=O) groups is 1. The molecule has 1 atom stereocenters. The molecule has 0 radical (unpaired) electrons. The molecular weight excluding hydrogens is 457 g/mol. The number of pyridine rings is 2. The first-order chi connectivity index (χ1) is 16.3. The Labute approximate surface area is 189 Å². The smallest absolute Gasteiger partial charge is 0.417 e. The topological polar surface area (TPSA) is 145 Å². The standard InChI is InChI=1S/C21H17F3N6O4/c22-21(23,24)14-7-11(34-10-17(31)30-33)4-5-12(14)19-27-15-9-25-8-13(18(15)29-19)20(32)28-16-3-1-2-6-26-16/h1-9,17,30-31,33H,10H2,(H,27,29)(H,26,28,32)/t17-/m0/s1. The van der Waals surface area contributed by atoms with Crippen molar-refractivity contribution in [2.24, 2.45) is 0 Å². The van der Waals surface area contributed by atoms with Crippen LogP contribution in [0.25, 0.3) is 22.4 Å². The van der Waals surface area contributed by atoms with Gasteiger partial charge in [0.15, 0.2) is 6.23 Å². The van der Waals surface area contributed by atoms with Crippen molar-refractivity contribution in [1.82, 2.24) is 25.4 Å². The summed E-state index contributed by atoms with van der Waals surface area (Å²) < 4.78 is 46.5. The van der Waals surface area contributed by atoms with Gasteiger partial charge in [-0.2, -0.15) is 18.7 Å². The van der Waals surface area contributed by atoms with E-state index in [1.807, 2.05) is 0 Å². The molecule has 0 fully saturated rings. The van der Waals surface area contributed by atoms with Crippen molar-refractivity contribution in [2.75, 3.05) is 11.9 Å². The number of aliphatic hydroxyl groups is 1. The van der Waals surface area contributed by atoms with Crippen LogP contribution in [0.1, 0.15) is 15.9 Å². The number of nitrogens with zero attached hydrogens (tertiary/aromatic N) is 3. The van der Waals surface area contributed by atoms with E-state index in [1.54, 1.807) is 18.2 Å². The molecule has 4 rings (SSSR count). The van der Waals surface area contributed by atoms with E-state index in [0.29, 0.717) is 0 Å². The number of fused-ring (bicyclic) bond motifs is 1. The lowest BCUT2D eigenvalue weighted by molar-refractivity contribution is -0.137. The third kappa shape index (κ3) is 4.96. The van der Waals surface area contributed by atoms with E-state index in [9.17, 15) is 23.1 Å². The fourth-order valence-electron chi connectivity index (χ4n) is 3.11. The predicted molar refractivity (Wildman–Crippen MR) is 113 cm³/mol. The van der Waals surface area contributed by atoms with Gasteiger partial charge in [0.2, 0.25) is 0 Å². The molecule has 0 bridgehead atoms. The van der Waals surface area contributed by atoms with Crippen molar-refractivity contribution in [1.29, 1.82) is 0 Å². The number of aromatic amines is 1. The molecule has 3 heterocycles. The second-order valence-electron chi connectivity index (χ2n) is 7.00. The summed E-state index contributed by atoms with van der Waals surface area (Å²) in [5.74, 6) is -0.605. The SMILES string of the molecule is O=C(Nc1ccccn1)c1cncc2[nH]c(-c3ccc(OC[C@H](O)NO)cc3C(F)(F)F)nc12. The lowest BCUT2D eigenvalue weighted by Crippen LogP contribution is -2.31. The summed E-state index contributed by atoms with van der Waals surface area (Å²) in [6.07, 6.45) is -2.15. The van der Waals surface area contributed by atoms with Gasteiger partial charge in [-0.1, -0.05) is 6.07 Å². The highest BCUT2D eigenvalue weighted by Crippen LogP contribution is 2.39. The zero-order valence-electron chi connectivity index (χ0n) is 17.2. The molecule has 5 N–H and O–H groups in total. The average Bonchev–Trinajstić information content (AvgIpc) is 3.26. The first-order valence-electron chi connectivity index (χ1n) is 9.74. The molecular formula is C21H17F3N6O4. The Morgan fingerprint density at radius 3 is 2.74 bits per heavy atom. The molecule has 34 heavy (non-hydrogen) atoms. The third-order valence-electron chi connectivity index (χ3n) is 4.65. The first-order valence-corrected chi connectivity index (χ1v) is 9.74. The van der Waals surface area contributed by atoms with Crippen LogP contribution in [0.3, 0.4) is 0 Å². The van der Waals surface area contributed by atoms with Crippen LogP contribution >= 0.6 is 0 Å². The van der Waals surface area contributed by atoms with Crippen molar-refractivity contribution in [2.45, 2.75) is 12.4 Å². The monoisotopic (exact) mass is 474 g/mol. The van der Waals surface area contributed by atoms with Gasteiger partial charge in [-0.15, -0.1) is 0 Å². The molecule has 0 spiro atoms. The number of H-pyrrole nitrogens is 1. The highest BCUT2D eigenvalue weighted by Gasteiger charge is 2.35. The highest BCUT2D eigenvalue weighted by molar-refractivity contribution is 6.11. The largest absolute Gasteiger partial charge is 0.489 e. The Kier molecular flexibility index (Phi) is 6.40. The van der Waals surface area contributed by atoms with Crippen LogP contribution in [0.2, 0.25) is 0 Å². The van der Waals surface area contributed by atoms with Gasteiger partial charge in [-0.05, 0) is 30.3 Å². The minimum atomic E-state index is -4.76. The van der Waals surface area contributed by atoms with Crippen LogP contribution in [-0.2, 0) is 6.18 Å². The zero-order chi connectivity index (χ0) is 24.3. The molecule has 0 aliphatic heterocycles. The van der Waals surface area contributed by atoms with Gasteiger partial charge < -0.3 is 25.4 Å². The van der Waals surface area contributed by atoms with Crippen molar-refractivity contribution in [3.8, 4) is 17.1 Å². The Hall–Kier alpha value is -4.07. The Balaban J connectivity index is 1.71. The minimum Gasteiger partial charge on any atom is -0.489 e. The molecule has 0 aliphatic carbocycles. The highest BCUT2D eigenvalue weighted by atomic mass is 19.4. The number of carbonyl (C=O) groups excluding carboxylic acids is 1. The number of alkyl halides is 3. The van der Waals surface area contributed by atoms with Gasteiger partial charge in [0.25, 0.3) is 5.91 Å². The van der Waals surface area contributed by atoms with E-state index in [4.69, 9.17) is 9.94 Å². The molecule has 0 unspecified atom stereocenters. The van der Waals surface area contributed by atoms with Gasteiger partial charge >= 0.3 is 6.18 Å². The average molecular weight is 474 g/mol. The summed E-state index contributed by atoms with van der Waals surface area (Å²) in [5.41, 5.74) is 0.609. The second kappa shape index (κ2) is 9.43. The Morgan fingerprint density at radius 1 is 1.21 bits per heavy atom. The van der Waals surface area contributed by atoms with Crippen LogP contribution < -0.4 is 15.5 Å². The van der Waals surface area contributed by atoms with Crippen LogP contribution in [0.15, 0.2) is 55.0 Å². The Morgan fingerprint density at radius 2 is 2.03 bits per heavy atom. The van der Waals surface area contributed by atoms with Gasteiger partial charge in [-0.25, -0.2) is 9.97 Å². The van der Waals surface area contributed by atoms with Gasteiger partial charge in [0, 0.05) is 18.0 Å². The fraction of sp³-hybridized carbons (Fsp3) is 0.143. The van der Waals surface area contributed by atoms with Crippen molar-refractivity contribution in [3.63, 3.8) is 0 Å². The molecule has 3 aromatic heterocycles. The molecule has 0 saturated heterocycles. The first kappa shape index (κ1) is 23.1. The number of halogens is 3. The number of benzene rings is 1. The number of hydrogen-bond acceptors (Lipinski definition) is 8. The summed E-state index contributed by atoms with van der Waals surface area (Å²) in [6, 6.07) is 8.10. The lowest BCUT2D eigenvalue weighted by Gasteiger charge is -2.15. The molecule has 1 amide bonds. The van der Waals surface area contributed by atoms with Crippen molar-refractivity contribution < 1.29 is 33.0 Å². The Bertz CT molecular complexity index is 1310. The molecule has 4 aromatic rings. The van der Waals surface area contributed by atoms with E-state index in [2.05, 4.69) is 25.3 Å². The molecule has 176 valence electrons. The lowest BCUT2D eigenvalue weighted by atomic mass is 10.1. The van der Waals surface area contributed by atoms with Crippen LogP contribution in [-0.4, -0.2) is 49.0 Å². The minimum absolute atomic E-state index is 0.0460.